The van der Waals surface area contributed by atoms with Crippen LogP contribution in [0.1, 0.15) is 12.8 Å². The molecule has 1 aromatic rings. The zero-order valence-electron chi connectivity index (χ0n) is 15.4. The normalized spacial score (nSPS) is 16.1. The molecule has 148 valence electrons. The minimum atomic E-state index is -0.912. The molecule has 28 heavy (non-hydrogen) atoms. The number of esters is 2. The van der Waals surface area contributed by atoms with Crippen molar-refractivity contribution in [2.24, 2.45) is 5.92 Å². The van der Waals surface area contributed by atoms with E-state index in [0.717, 1.165) is 44.1 Å². The van der Waals surface area contributed by atoms with E-state index in [1.807, 2.05) is 0 Å². The number of hydrogen-bond acceptors (Lipinski definition) is 6. The van der Waals surface area contributed by atoms with Crippen molar-refractivity contribution in [3.63, 3.8) is 0 Å². The summed E-state index contributed by atoms with van der Waals surface area (Å²) in [6.45, 7) is 0.251. The molecule has 0 N–H and O–H groups in total. The van der Waals surface area contributed by atoms with Crippen LogP contribution in [0.2, 0.25) is 0 Å². The van der Waals surface area contributed by atoms with Crippen LogP contribution >= 0.6 is 0 Å². The van der Waals surface area contributed by atoms with Crippen molar-refractivity contribution >= 4 is 17.6 Å². The second kappa shape index (κ2) is 8.24. The Balaban J connectivity index is 2.04. The molecule has 0 amide bonds. The lowest BCUT2D eigenvalue weighted by Crippen LogP contribution is -2.27. The molecule has 0 saturated heterocycles. The fraction of sp³-hybridized carbons (Fsp3) is 0.300. The number of carbonyl (C=O) groups excluding carboxylic acids is 2. The Morgan fingerprint density at radius 3 is 2.29 bits per heavy atom. The average Bonchev–Trinajstić information content (AvgIpc) is 3.51. The van der Waals surface area contributed by atoms with Crippen LogP contribution in [0.3, 0.4) is 0 Å². The fourth-order valence-electron chi connectivity index (χ4n) is 2.67. The molecule has 2 aliphatic rings. The lowest BCUT2D eigenvalue weighted by atomic mass is 10.1. The molecule has 1 saturated carbocycles. The number of hydrogen-bond donors (Lipinski definition) is 0. The van der Waals surface area contributed by atoms with E-state index in [0.29, 0.717) is 5.92 Å². The van der Waals surface area contributed by atoms with Gasteiger partial charge >= 0.3 is 11.9 Å². The summed E-state index contributed by atoms with van der Waals surface area (Å²) in [4.78, 5) is 25.6. The summed E-state index contributed by atoms with van der Waals surface area (Å²) in [5.41, 5.74) is -0.366. The van der Waals surface area contributed by atoms with E-state index in [2.05, 4.69) is 0 Å². The van der Waals surface area contributed by atoms with Crippen LogP contribution in [0, 0.1) is 17.6 Å². The molecule has 0 radical (unpaired) electrons. The second-order valence-electron chi connectivity index (χ2n) is 6.31. The first-order valence-electron chi connectivity index (χ1n) is 8.63. The SMILES string of the molecule is COC(=O)C1=C(C(=O)OC)N(c2cc(F)c(OCC3CC3)c(F)c2)C=CC=C1. The van der Waals surface area contributed by atoms with E-state index >= 15 is 0 Å². The Morgan fingerprint density at radius 2 is 1.71 bits per heavy atom. The zero-order valence-corrected chi connectivity index (χ0v) is 15.4. The van der Waals surface area contributed by atoms with Crippen molar-refractivity contribution < 1.29 is 32.6 Å². The van der Waals surface area contributed by atoms with Gasteiger partial charge in [0.15, 0.2) is 17.4 Å². The maximum absolute atomic E-state index is 14.5. The molecule has 1 heterocycles. The molecule has 1 fully saturated rings. The molecule has 1 aliphatic heterocycles. The van der Waals surface area contributed by atoms with E-state index in [4.69, 9.17) is 14.2 Å². The van der Waals surface area contributed by atoms with Crippen molar-refractivity contribution in [1.82, 2.24) is 0 Å². The monoisotopic (exact) mass is 391 g/mol. The van der Waals surface area contributed by atoms with E-state index < -0.39 is 29.3 Å². The van der Waals surface area contributed by atoms with Crippen LogP contribution in [0.4, 0.5) is 14.5 Å². The Hall–Kier alpha value is -3.16. The summed E-state index contributed by atoms with van der Waals surface area (Å²) in [5, 5.41) is 0. The van der Waals surface area contributed by atoms with Gasteiger partial charge in [-0.15, -0.1) is 0 Å². The van der Waals surface area contributed by atoms with Gasteiger partial charge in [0.2, 0.25) is 0 Å². The number of benzene rings is 1. The summed E-state index contributed by atoms with van der Waals surface area (Å²) in [6.07, 6.45) is 7.71. The number of ether oxygens (including phenoxy) is 3. The van der Waals surface area contributed by atoms with Crippen molar-refractivity contribution in [3.8, 4) is 5.75 Å². The summed E-state index contributed by atoms with van der Waals surface area (Å²) in [7, 11) is 2.29. The molecule has 8 heteroatoms. The number of carbonyl (C=O) groups is 2. The third kappa shape index (κ3) is 4.05. The predicted octanol–water partition coefficient (Wildman–Crippen LogP) is 3.24. The average molecular weight is 391 g/mol. The van der Waals surface area contributed by atoms with Crippen LogP contribution < -0.4 is 9.64 Å². The molecule has 0 spiro atoms. The molecule has 0 aromatic heterocycles. The molecule has 0 bridgehead atoms. The van der Waals surface area contributed by atoms with Gasteiger partial charge in [-0.05, 0) is 30.9 Å². The summed E-state index contributed by atoms with van der Waals surface area (Å²) < 4.78 is 43.7. The van der Waals surface area contributed by atoms with E-state index in [1.54, 1.807) is 0 Å². The molecule has 0 unspecified atom stereocenters. The second-order valence-corrected chi connectivity index (χ2v) is 6.31. The Labute approximate surface area is 160 Å². The summed E-state index contributed by atoms with van der Waals surface area (Å²) >= 11 is 0. The highest BCUT2D eigenvalue weighted by molar-refractivity contribution is 6.05. The Morgan fingerprint density at radius 1 is 1.07 bits per heavy atom. The highest BCUT2D eigenvalue weighted by Crippen LogP contribution is 2.34. The van der Waals surface area contributed by atoms with Gasteiger partial charge in [-0.1, -0.05) is 6.08 Å². The van der Waals surface area contributed by atoms with Crippen LogP contribution in [-0.4, -0.2) is 32.8 Å². The predicted molar refractivity (Wildman–Crippen MR) is 96.4 cm³/mol. The number of allylic oxidation sites excluding steroid dienone is 2. The topological polar surface area (TPSA) is 65.1 Å². The fourth-order valence-corrected chi connectivity index (χ4v) is 2.67. The molecule has 1 aliphatic carbocycles. The first-order valence-corrected chi connectivity index (χ1v) is 8.63. The van der Waals surface area contributed by atoms with Crippen LogP contribution in [0.5, 0.6) is 5.75 Å². The maximum Gasteiger partial charge on any atom is 0.355 e. The summed E-state index contributed by atoms with van der Waals surface area (Å²) in [6, 6.07) is 2.05. The number of halogens is 2. The molecular formula is C20H19F2NO5. The van der Waals surface area contributed by atoms with Gasteiger partial charge in [0, 0.05) is 18.3 Å². The van der Waals surface area contributed by atoms with Crippen molar-refractivity contribution in [3.05, 3.63) is 59.5 Å². The number of anilines is 1. The van der Waals surface area contributed by atoms with Gasteiger partial charge in [-0.2, -0.15) is 0 Å². The first-order chi connectivity index (χ1) is 13.5. The number of methoxy groups -OCH3 is 2. The molecule has 1 aromatic carbocycles. The zero-order chi connectivity index (χ0) is 20.3. The maximum atomic E-state index is 14.5. The van der Waals surface area contributed by atoms with Crippen molar-refractivity contribution in [2.75, 3.05) is 25.7 Å². The Bertz CT molecular complexity index is 864. The van der Waals surface area contributed by atoms with Crippen molar-refractivity contribution in [1.29, 1.82) is 0 Å². The highest BCUT2D eigenvalue weighted by atomic mass is 19.1. The minimum absolute atomic E-state index is 0.0180. The largest absolute Gasteiger partial charge is 0.487 e. The van der Waals surface area contributed by atoms with Crippen molar-refractivity contribution in [2.45, 2.75) is 12.8 Å². The summed E-state index contributed by atoms with van der Waals surface area (Å²) in [5.74, 6) is -3.63. The third-order valence-electron chi connectivity index (χ3n) is 4.31. The van der Waals surface area contributed by atoms with Crippen LogP contribution in [0.15, 0.2) is 47.8 Å². The number of nitrogens with zero attached hydrogens (tertiary/aromatic N) is 1. The molecular weight excluding hydrogens is 372 g/mol. The highest BCUT2D eigenvalue weighted by Gasteiger charge is 2.29. The minimum Gasteiger partial charge on any atom is -0.487 e. The molecule has 0 atom stereocenters. The van der Waals surface area contributed by atoms with Crippen LogP contribution in [-0.2, 0) is 19.1 Å². The lowest BCUT2D eigenvalue weighted by Gasteiger charge is -2.23. The first kappa shape index (κ1) is 19.6. The standard InChI is InChI=1S/C20H19F2NO5/c1-26-19(24)14-5-3-4-8-23(17(14)20(25)27-2)13-9-15(21)18(16(22)10-13)28-11-12-6-7-12/h3-5,8-10,12H,6-7,11H2,1-2H3. The molecule has 3 rings (SSSR count). The van der Waals surface area contributed by atoms with Gasteiger partial charge in [-0.25, -0.2) is 18.4 Å². The molecule has 6 nitrogen and oxygen atoms in total. The number of rotatable bonds is 6. The third-order valence-corrected chi connectivity index (χ3v) is 4.31. The van der Waals surface area contributed by atoms with Gasteiger partial charge < -0.3 is 19.1 Å². The van der Waals surface area contributed by atoms with E-state index in [9.17, 15) is 18.4 Å². The van der Waals surface area contributed by atoms with Gasteiger partial charge in [0.25, 0.3) is 0 Å². The lowest BCUT2D eigenvalue weighted by molar-refractivity contribution is -0.139. The smallest absolute Gasteiger partial charge is 0.355 e. The quantitative estimate of drug-likeness (QED) is 0.694. The van der Waals surface area contributed by atoms with Gasteiger partial charge in [0.05, 0.1) is 32.1 Å². The van der Waals surface area contributed by atoms with E-state index in [1.165, 1.54) is 24.4 Å². The Kier molecular flexibility index (Phi) is 5.77. The van der Waals surface area contributed by atoms with Gasteiger partial charge in [-0.3, -0.25) is 0 Å². The van der Waals surface area contributed by atoms with Gasteiger partial charge in [0.1, 0.15) is 5.70 Å². The van der Waals surface area contributed by atoms with Crippen LogP contribution in [0.25, 0.3) is 0 Å². The van der Waals surface area contributed by atoms with E-state index in [-0.39, 0.29) is 23.6 Å².